The van der Waals surface area contributed by atoms with Gasteiger partial charge in [-0.25, -0.2) is 4.57 Å². The van der Waals surface area contributed by atoms with Crippen LogP contribution in [0, 0.1) is 0 Å². The number of hydrogen-bond donors (Lipinski definition) is 2. The van der Waals surface area contributed by atoms with Gasteiger partial charge in [-0.1, -0.05) is 212 Å². The van der Waals surface area contributed by atoms with Crippen molar-refractivity contribution in [2.45, 2.75) is 238 Å². The molecule has 2 N–H and O–H groups in total. The maximum Gasteiger partial charge on any atom is 0.472 e. The van der Waals surface area contributed by atoms with Crippen LogP contribution in [0.4, 0.5) is 0 Å². The number of aliphatic hydroxyl groups is 1. The van der Waals surface area contributed by atoms with Crippen LogP contribution < -0.4 is 0 Å². The fraction of sp³-hybridized carbons (Fsp3) is 0.621. The number of aliphatic hydroxyl groups excluding tert-OH is 1. The van der Waals surface area contributed by atoms with E-state index in [0.717, 1.165) is 161 Å². The summed E-state index contributed by atoms with van der Waals surface area (Å²) in [7, 11) is -4.78. The SMILES string of the molecule is CC/C=C\C/C=C\C/C=C\C/C=C\CCCCCCC(=O)OCC(COP(=O)(O)OCC(CO)OC(=O)CCCCCCCCC/C=C\C/C=C\C/C=C\CC)OC(=O)CCCCCC/C=C\C/C=C\C/C=C\C/C=C\CC. The van der Waals surface area contributed by atoms with Gasteiger partial charge in [0, 0.05) is 19.3 Å². The van der Waals surface area contributed by atoms with Gasteiger partial charge in [0.05, 0.1) is 19.8 Å². The topological polar surface area (TPSA) is 155 Å². The van der Waals surface area contributed by atoms with Crippen molar-refractivity contribution in [2.75, 3.05) is 26.4 Å². The summed E-state index contributed by atoms with van der Waals surface area (Å²) in [5.74, 6) is -1.54. The van der Waals surface area contributed by atoms with E-state index in [1.54, 1.807) is 0 Å². The molecule has 11 nitrogen and oxygen atoms in total. The van der Waals surface area contributed by atoms with Crippen LogP contribution in [-0.4, -0.2) is 66.5 Å². The number of carbonyl (C=O) groups is 3. The summed E-state index contributed by atoms with van der Waals surface area (Å²) in [4.78, 5) is 48.7. The predicted octanol–water partition coefficient (Wildman–Crippen LogP) is 18.1. The Kier molecular flexibility index (Phi) is 55.5. The van der Waals surface area contributed by atoms with Gasteiger partial charge in [0.15, 0.2) is 6.10 Å². The monoisotopic (exact) mass is 1110 g/mol. The molecule has 0 amide bonds. The van der Waals surface area contributed by atoms with Crippen LogP contribution in [0.2, 0.25) is 0 Å². The number of esters is 3. The number of ether oxygens (including phenoxy) is 3. The van der Waals surface area contributed by atoms with E-state index in [0.29, 0.717) is 19.3 Å². The van der Waals surface area contributed by atoms with Crippen LogP contribution in [0.3, 0.4) is 0 Å². The molecule has 0 aromatic rings. The Morgan fingerprint density at radius 3 is 0.962 bits per heavy atom. The van der Waals surface area contributed by atoms with Crippen LogP contribution in [0.1, 0.15) is 226 Å². The summed E-state index contributed by atoms with van der Waals surface area (Å²) < 4.78 is 39.6. The molecule has 0 saturated carbocycles. The van der Waals surface area contributed by atoms with Crippen LogP contribution in [0.25, 0.3) is 0 Å². The maximum atomic E-state index is 12.9. The summed E-state index contributed by atoms with van der Waals surface area (Å²) >= 11 is 0. The normalized spacial score (nSPS) is 14.3. The molecule has 0 aromatic carbocycles. The van der Waals surface area contributed by atoms with Gasteiger partial charge < -0.3 is 24.2 Å². The Morgan fingerprint density at radius 1 is 0.359 bits per heavy atom. The van der Waals surface area contributed by atoms with Gasteiger partial charge in [0.25, 0.3) is 0 Å². The number of hydrogen-bond acceptors (Lipinski definition) is 10. The molecule has 0 aromatic heterocycles. The average molecular weight is 1110 g/mol. The Morgan fingerprint density at radius 2 is 0.628 bits per heavy atom. The van der Waals surface area contributed by atoms with E-state index in [9.17, 15) is 28.9 Å². The highest BCUT2D eigenvalue weighted by Crippen LogP contribution is 2.43. The molecular formula is C66H107O11P. The van der Waals surface area contributed by atoms with E-state index < -0.39 is 57.8 Å². The highest BCUT2D eigenvalue weighted by atomic mass is 31.2. The van der Waals surface area contributed by atoms with Crippen molar-refractivity contribution in [3.8, 4) is 0 Å². The fourth-order valence-electron chi connectivity index (χ4n) is 7.59. The minimum atomic E-state index is -4.78. The van der Waals surface area contributed by atoms with Gasteiger partial charge >= 0.3 is 25.7 Å². The third-order valence-electron chi connectivity index (χ3n) is 12.1. The van der Waals surface area contributed by atoms with Gasteiger partial charge in [-0.15, -0.1) is 0 Å². The fourth-order valence-corrected chi connectivity index (χ4v) is 8.37. The molecule has 0 saturated heterocycles. The second-order valence-electron chi connectivity index (χ2n) is 19.4. The lowest BCUT2D eigenvalue weighted by molar-refractivity contribution is -0.161. The van der Waals surface area contributed by atoms with E-state index in [1.165, 1.54) is 6.42 Å². The molecule has 0 heterocycles. The van der Waals surface area contributed by atoms with Gasteiger partial charge in [0.2, 0.25) is 0 Å². The Hall–Kier alpha value is -4.38. The molecule has 3 atom stereocenters. The average Bonchev–Trinajstić information content (AvgIpc) is 3.43. The standard InChI is InChI=1S/C66H107O11P/c1-4-7-10-13-16-19-22-25-28-31-34-37-40-43-46-49-52-55-64(68)73-59-63(77-66(70)57-54-51-48-45-42-39-36-33-30-27-24-21-18-15-12-9-6-3)61-75-78(71,72)74-60-62(58-67)76-65(69)56-53-50-47-44-41-38-35-32-29-26-23-20-17-14-11-8-5-2/h7-12,16-21,25-30,34,36-37,39,62-63,67H,4-6,13-15,22-24,31-33,35,38,40-61H2,1-3H3,(H,71,72)/b10-7-,11-8-,12-9-,19-16-,20-17-,21-18-,28-25-,29-26-,30-27-,37-34-,39-36-. The third kappa shape index (κ3) is 56.3. The predicted molar refractivity (Wildman–Crippen MR) is 325 cm³/mol. The molecule has 0 aliphatic carbocycles. The molecule has 78 heavy (non-hydrogen) atoms. The van der Waals surface area contributed by atoms with Gasteiger partial charge in [-0.3, -0.25) is 23.4 Å². The van der Waals surface area contributed by atoms with Crippen molar-refractivity contribution >= 4 is 25.7 Å². The Labute approximate surface area is 474 Å². The molecular weight excluding hydrogens is 1000 g/mol. The lowest BCUT2D eigenvalue weighted by atomic mass is 10.1. The van der Waals surface area contributed by atoms with Crippen molar-refractivity contribution in [1.82, 2.24) is 0 Å². The zero-order valence-corrected chi connectivity index (χ0v) is 49.7. The maximum absolute atomic E-state index is 12.9. The van der Waals surface area contributed by atoms with Crippen LogP contribution in [0.5, 0.6) is 0 Å². The second kappa shape index (κ2) is 58.8. The molecule has 0 radical (unpaired) electrons. The summed E-state index contributed by atoms with van der Waals surface area (Å²) in [6, 6.07) is 0. The quantitative estimate of drug-likeness (QED) is 0.0197. The summed E-state index contributed by atoms with van der Waals surface area (Å²) in [5, 5.41) is 9.84. The Bertz CT molecular complexity index is 1820. The summed E-state index contributed by atoms with van der Waals surface area (Å²) in [6.07, 6.45) is 74.0. The first-order valence-corrected chi connectivity index (χ1v) is 31.6. The molecule has 442 valence electrons. The van der Waals surface area contributed by atoms with Gasteiger partial charge in [-0.2, -0.15) is 0 Å². The molecule has 0 bridgehead atoms. The van der Waals surface area contributed by atoms with Crippen LogP contribution >= 0.6 is 7.82 Å². The Balaban J connectivity index is 4.81. The number of rotatable bonds is 54. The first kappa shape index (κ1) is 73.6. The van der Waals surface area contributed by atoms with E-state index in [4.69, 9.17) is 23.3 Å². The number of allylic oxidation sites excluding steroid dienone is 22. The lowest BCUT2D eigenvalue weighted by Gasteiger charge is -2.21. The van der Waals surface area contributed by atoms with Crippen molar-refractivity contribution in [3.05, 3.63) is 134 Å². The van der Waals surface area contributed by atoms with Crippen molar-refractivity contribution in [1.29, 1.82) is 0 Å². The van der Waals surface area contributed by atoms with Crippen molar-refractivity contribution < 1.29 is 52.2 Å². The van der Waals surface area contributed by atoms with Gasteiger partial charge in [-0.05, 0) is 128 Å². The zero-order valence-electron chi connectivity index (χ0n) is 48.8. The minimum Gasteiger partial charge on any atom is -0.462 e. The van der Waals surface area contributed by atoms with Crippen LogP contribution in [0.15, 0.2) is 134 Å². The summed E-state index contributed by atoms with van der Waals surface area (Å²) in [5.41, 5.74) is 0. The van der Waals surface area contributed by atoms with Gasteiger partial charge in [0.1, 0.15) is 12.7 Å². The number of carbonyl (C=O) groups excluding carboxylic acids is 3. The first-order valence-electron chi connectivity index (χ1n) is 30.1. The summed E-state index contributed by atoms with van der Waals surface area (Å²) in [6.45, 7) is 4.23. The number of phosphoric ester groups is 1. The highest BCUT2D eigenvalue weighted by Gasteiger charge is 2.28. The largest absolute Gasteiger partial charge is 0.472 e. The lowest BCUT2D eigenvalue weighted by Crippen LogP contribution is -2.30. The third-order valence-corrected chi connectivity index (χ3v) is 13.0. The molecule has 0 rings (SSSR count). The molecule has 0 aliphatic rings. The van der Waals surface area contributed by atoms with E-state index in [-0.39, 0.29) is 25.9 Å². The number of phosphoric acid groups is 1. The van der Waals surface area contributed by atoms with Crippen LogP contribution in [-0.2, 0) is 42.2 Å². The first-order chi connectivity index (χ1) is 38.2. The molecule has 0 fully saturated rings. The van der Waals surface area contributed by atoms with E-state index in [1.807, 2.05) is 0 Å². The smallest absolute Gasteiger partial charge is 0.462 e. The highest BCUT2D eigenvalue weighted by molar-refractivity contribution is 7.47. The van der Waals surface area contributed by atoms with Crippen molar-refractivity contribution in [2.24, 2.45) is 0 Å². The zero-order chi connectivity index (χ0) is 56.9. The van der Waals surface area contributed by atoms with Crippen molar-refractivity contribution in [3.63, 3.8) is 0 Å². The molecule has 0 aliphatic heterocycles. The van der Waals surface area contributed by atoms with E-state index >= 15 is 0 Å². The molecule has 0 spiro atoms. The molecule has 12 heteroatoms. The number of unbranched alkanes of at least 4 members (excludes halogenated alkanes) is 15. The van der Waals surface area contributed by atoms with E-state index in [2.05, 4.69) is 154 Å². The molecule has 3 unspecified atom stereocenters. The second-order valence-corrected chi connectivity index (χ2v) is 20.8. The minimum absolute atomic E-state index is 0.126.